The Morgan fingerprint density at radius 3 is 2.60 bits per heavy atom. The van der Waals surface area contributed by atoms with Crippen LogP contribution in [-0.4, -0.2) is 77.5 Å². The molecule has 2 N–H and O–H groups in total. The van der Waals surface area contributed by atoms with Crippen LogP contribution in [0.4, 0.5) is 0 Å². The number of benzene rings is 1. The van der Waals surface area contributed by atoms with Crippen molar-refractivity contribution in [3.8, 4) is 5.88 Å². The number of nitrogens with one attached hydrogen (secondary N) is 1. The number of aromatic nitrogens is 1. The Labute approximate surface area is 293 Å². The molecular weight excluding hydrogens is 662 g/mol. The molecule has 6 rings (SSSR count). The van der Waals surface area contributed by atoms with Crippen molar-refractivity contribution in [2.45, 2.75) is 102 Å². The average Bonchev–Trinajstić information content (AvgIpc) is 3.99. The number of pyridine rings is 1. The molecule has 0 radical (unpaired) electrons. The highest BCUT2D eigenvalue weighted by Crippen LogP contribution is 2.57. The number of ketones is 1. The number of aliphatic hydroxyl groups excluding tert-OH is 1. The molecule has 1 unspecified atom stereocenters. The molecule has 6 atom stereocenters. The second kappa shape index (κ2) is 13.7. The number of fused-ring (bicyclic) bond motifs is 3. The molecule has 2 aromatic rings. The highest BCUT2D eigenvalue weighted by molar-refractivity contribution is 7.90. The molecule has 270 valence electrons. The normalized spacial score (nSPS) is 29.4. The van der Waals surface area contributed by atoms with Crippen molar-refractivity contribution in [2.24, 2.45) is 22.7 Å². The zero-order valence-corrected chi connectivity index (χ0v) is 29.7. The molecular formula is C37H47N3O9S. The number of nitrogens with zero attached hydrogens (tertiary/aromatic N) is 2. The lowest BCUT2D eigenvalue weighted by Gasteiger charge is -2.34. The van der Waals surface area contributed by atoms with Crippen LogP contribution in [0.1, 0.15) is 90.2 Å². The van der Waals surface area contributed by atoms with Crippen molar-refractivity contribution in [3.05, 3.63) is 48.7 Å². The number of rotatable bonds is 7. The van der Waals surface area contributed by atoms with Crippen molar-refractivity contribution in [1.29, 1.82) is 0 Å². The van der Waals surface area contributed by atoms with Gasteiger partial charge in [-0.25, -0.2) is 13.4 Å². The maximum Gasteiger partial charge on any atom is 0.306 e. The minimum Gasteiger partial charge on any atom is -0.472 e. The Bertz CT molecular complexity index is 1800. The van der Waals surface area contributed by atoms with E-state index in [4.69, 9.17) is 9.47 Å². The fourth-order valence-corrected chi connectivity index (χ4v) is 8.73. The molecule has 2 saturated carbocycles. The van der Waals surface area contributed by atoms with Crippen molar-refractivity contribution < 1.29 is 42.2 Å². The average molecular weight is 710 g/mol. The fraction of sp³-hybridized carbons (Fsp3) is 0.595. The Balaban J connectivity index is 1.33. The van der Waals surface area contributed by atoms with E-state index < -0.39 is 79.8 Å². The lowest BCUT2D eigenvalue weighted by atomic mass is 9.77. The summed E-state index contributed by atoms with van der Waals surface area (Å²) >= 11 is 0. The molecule has 0 spiro atoms. The zero-order valence-electron chi connectivity index (χ0n) is 28.9. The van der Waals surface area contributed by atoms with E-state index in [1.165, 1.54) is 4.90 Å². The van der Waals surface area contributed by atoms with Gasteiger partial charge < -0.3 is 19.5 Å². The molecule has 12 nitrogen and oxygen atoms in total. The largest absolute Gasteiger partial charge is 0.472 e. The van der Waals surface area contributed by atoms with Crippen LogP contribution < -0.4 is 9.46 Å². The molecule has 1 aromatic heterocycles. The highest BCUT2D eigenvalue weighted by Gasteiger charge is 2.61. The number of carbonyl (C=O) groups excluding carboxylic acids is 4. The number of sulfonamides is 1. The number of allylic oxidation sites excluding steroid dienone is 1. The zero-order chi connectivity index (χ0) is 36.0. The monoisotopic (exact) mass is 709 g/mol. The van der Waals surface area contributed by atoms with Gasteiger partial charge in [0.25, 0.3) is 0 Å². The summed E-state index contributed by atoms with van der Waals surface area (Å²) < 4.78 is 39.6. The van der Waals surface area contributed by atoms with E-state index in [1.54, 1.807) is 12.3 Å². The smallest absolute Gasteiger partial charge is 0.306 e. The second-order valence-corrected chi connectivity index (χ2v) is 17.4. The quantitative estimate of drug-likeness (QED) is 0.315. The maximum absolute atomic E-state index is 14.5. The first-order chi connectivity index (χ1) is 23.6. The van der Waals surface area contributed by atoms with Gasteiger partial charge >= 0.3 is 5.97 Å². The van der Waals surface area contributed by atoms with Gasteiger partial charge in [-0.1, -0.05) is 39.0 Å². The summed E-state index contributed by atoms with van der Waals surface area (Å²) in [6, 6.07) is 6.40. The van der Waals surface area contributed by atoms with Gasteiger partial charge in [-0.05, 0) is 72.9 Å². The van der Waals surface area contributed by atoms with E-state index in [2.05, 4.69) is 16.3 Å². The summed E-state index contributed by atoms with van der Waals surface area (Å²) in [6.45, 7) is 9.54. The first kappa shape index (κ1) is 36.0. The van der Waals surface area contributed by atoms with E-state index in [0.29, 0.717) is 48.9 Å². The summed E-state index contributed by atoms with van der Waals surface area (Å²) in [6.07, 6.45) is 4.22. The SMILES string of the molecule is C=C[C@H]1C[C@]1(CC(=O)C1C[C@@H]2CN1C(=O)[C@H](C(C)(C)C)CC(=O)OCCCC[C@@H](O)c1ccc3ccnc(c3c1)O2)C(=O)NS(=O)(=O)C1CC1. The number of cyclic esters (lactones) is 1. The van der Waals surface area contributed by atoms with Gasteiger partial charge in [-0.15, -0.1) is 6.58 Å². The van der Waals surface area contributed by atoms with Crippen LogP contribution in [-0.2, 0) is 33.9 Å². The number of carbonyl (C=O) groups is 4. The molecule has 3 heterocycles. The van der Waals surface area contributed by atoms with Crippen LogP contribution in [0.25, 0.3) is 10.8 Å². The van der Waals surface area contributed by atoms with Crippen molar-refractivity contribution in [1.82, 2.24) is 14.6 Å². The molecule has 4 bridgehead atoms. The first-order valence-electron chi connectivity index (χ1n) is 17.5. The third-order valence-electron chi connectivity index (χ3n) is 10.7. The number of Topliss-reactive ketones (excluding diaryl/α,β-unsaturated/α-hetero) is 1. The van der Waals surface area contributed by atoms with Crippen LogP contribution in [0.5, 0.6) is 5.88 Å². The number of aliphatic hydroxyl groups is 1. The van der Waals surface area contributed by atoms with Gasteiger partial charge in [0.2, 0.25) is 27.7 Å². The Morgan fingerprint density at radius 2 is 1.92 bits per heavy atom. The first-order valence-corrected chi connectivity index (χ1v) is 19.1. The molecule has 50 heavy (non-hydrogen) atoms. The molecule has 1 saturated heterocycles. The van der Waals surface area contributed by atoms with Gasteiger partial charge in [0, 0.05) is 24.4 Å². The Morgan fingerprint density at radius 1 is 1.16 bits per heavy atom. The van der Waals surface area contributed by atoms with Crippen LogP contribution in [0.3, 0.4) is 0 Å². The molecule has 1 aromatic carbocycles. The molecule has 2 amide bonds. The molecule has 3 fully saturated rings. The maximum atomic E-state index is 14.5. The minimum atomic E-state index is -3.85. The van der Waals surface area contributed by atoms with Gasteiger partial charge in [-0.2, -0.15) is 0 Å². The minimum absolute atomic E-state index is 0.0252. The van der Waals surface area contributed by atoms with Crippen molar-refractivity contribution >= 4 is 44.4 Å². The number of ether oxygens (including phenoxy) is 2. The van der Waals surface area contributed by atoms with Gasteiger partial charge in [0.1, 0.15) is 6.10 Å². The van der Waals surface area contributed by atoms with Crippen molar-refractivity contribution in [2.75, 3.05) is 13.2 Å². The standard InChI is InChI=1S/C37H47N3O9S/c1-5-24-19-37(24,35(45)39-50(46,47)26-11-12-26)20-31(42)29-17-25-21-40(29)34(44)28(36(2,3)4)18-32(43)48-15-7-6-8-30(41)23-10-9-22-13-14-38-33(49-25)27(22)16-23/h5,9-10,13-14,16,24-26,28-30,41H,1,6-8,11-12,15,17-21H2,2-4H3,(H,39,45)/t24-,25+,28+,29?,30+,37+/m0/s1. The lowest BCUT2D eigenvalue weighted by Crippen LogP contribution is -2.48. The Kier molecular flexibility index (Phi) is 9.86. The number of hydrogen-bond donors (Lipinski definition) is 2. The van der Waals surface area contributed by atoms with E-state index >= 15 is 0 Å². The van der Waals surface area contributed by atoms with Crippen LogP contribution in [0, 0.1) is 22.7 Å². The fourth-order valence-electron chi connectivity index (χ4n) is 7.34. The predicted octanol–water partition coefficient (Wildman–Crippen LogP) is 4.16. The number of amides is 2. The molecule has 13 heteroatoms. The molecule has 2 aliphatic heterocycles. The third-order valence-corrected chi connectivity index (χ3v) is 12.6. The number of hydrogen-bond acceptors (Lipinski definition) is 10. The summed E-state index contributed by atoms with van der Waals surface area (Å²) in [5.41, 5.74) is -1.28. The highest BCUT2D eigenvalue weighted by atomic mass is 32.2. The summed E-state index contributed by atoms with van der Waals surface area (Å²) in [5.74, 6) is -2.98. The third kappa shape index (κ3) is 7.44. The summed E-state index contributed by atoms with van der Waals surface area (Å²) in [4.78, 5) is 61.3. The topological polar surface area (TPSA) is 169 Å². The van der Waals surface area contributed by atoms with Crippen molar-refractivity contribution in [3.63, 3.8) is 0 Å². The predicted molar refractivity (Wildman–Crippen MR) is 184 cm³/mol. The van der Waals surface area contributed by atoms with E-state index in [1.807, 2.05) is 45.0 Å². The summed E-state index contributed by atoms with van der Waals surface area (Å²) in [5, 5.41) is 11.9. The van der Waals surface area contributed by atoms with Crippen LogP contribution in [0.15, 0.2) is 43.1 Å². The van der Waals surface area contributed by atoms with Gasteiger partial charge in [-0.3, -0.25) is 23.9 Å². The summed E-state index contributed by atoms with van der Waals surface area (Å²) in [7, 11) is -3.85. The Hall–Kier alpha value is -3.84. The van der Waals surface area contributed by atoms with Crippen LogP contribution in [0.2, 0.25) is 0 Å². The van der Waals surface area contributed by atoms with Gasteiger partial charge in [0.15, 0.2) is 5.78 Å². The number of esters is 1. The molecule has 4 aliphatic rings. The second-order valence-electron chi connectivity index (χ2n) is 15.5. The molecule has 2 aliphatic carbocycles. The lowest BCUT2D eigenvalue weighted by molar-refractivity contribution is -0.153. The van der Waals surface area contributed by atoms with E-state index in [-0.39, 0.29) is 38.8 Å². The van der Waals surface area contributed by atoms with E-state index in [0.717, 1.165) is 5.39 Å². The van der Waals surface area contributed by atoms with Gasteiger partial charge in [0.05, 0.1) is 48.3 Å². The van der Waals surface area contributed by atoms with E-state index in [9.17, 15) is 32.7 Å². The van der Waals surface area contributed by atoms with Crippen LogP contribution >= 0.6 is 0 Å².